The molecule has 2 saturated heterocycles. The van der Waals surface area contributed by atoms with Crippen LogP contribution >= 0.6 is 15.9 Å². The Labute approximate surface area is 170 Å². The summed E-state index contributed by atoms with van der Waals surface area (Å²) >= 11 is 3.35. The molecule has 10 heteroatoms. The van der Waals surface area contributed by atoms with Crippen molar-refractivity contribution in [2.45, 2.75) is 43.9 Å². The third kappa shape index (κ3) is 6.93. The number of ether oxygens (including phenoxy) is 1. The number of primary amides is 1. The van der Waals surface area contributed by atoms with Gasteiger partial charge < -0.3 is 20.7 Å². The Balaban J connectivity index is 0.000000300. The smallest absolute Gasteiger partial charge is 0.328 e. The first-order valence-corrected chi connectivity index (χ1v) is 9.51. The lowest BCUT2D eigenvalue weighted by molar-refractivity contribution is -0.134. The number of fused-ring (bicyclic) bond motifs is 2. The van der Waals surface area contributed by atoms with Crippen molar-refractivity contribution in [2.75, 3.05) is 6.54 Å². The first kappa shape index (κ1) is 21.8. The van der Waals surface area contributed by atoms with Gasteiger partial charge in [0.2, 0.25) is 11.8 Å². The largest absolute Gasteiger partial charge is 0.478 e. The van der Waals surface area contributed by atoms with Crippen molar-refractivity contribution in [1.82, 2.24) is 9.88 Å². The highest BCUT2D eigenvalue weighted by atomic mass is 79.9. The van der Waals surface area contributed by atoms with Crippen molar-refractivity contribution in [3.63, 3.8) is 0 Å². The van der Waals surface area contributed by atoms with Crippen LogP contribution < -0.4 is 10.5 Å². The number of carboxylic acids is 2. The Morgan fingerprint density at radius 1 is 1.18 bits per heavy atom. The third-order valence-electron chi connectivity index (χ3n) is 4.52. The van der Waals surface area contributed by atoms with Gasteiger partial charge in [0.05, 0.1) is 6.54 Å². The maximum absolute atomic E-state index is 11.1. The molecule has 3 heterocycles. The molecule has 2 aliphatic heterocycles. The van der Waals surface area contributed by atoms with E-state index in [1.807, 2.05) is 18.2 Å². The highest BCUT2D eigenvalue weighted by Gasteiger charge is 2.42. The van der Waals surface area contributed by atoms with Crippen LogP contribution in [0, 0.1) is 0 Å². The lowest BCUT2D eigenvalue weighted by Gasteiger charge is -2.37. The fourth-order valence-electron chi connectivity index (χ4n) is 3.53. The van der Waals surface area contributed by atoms with Crippen molar-refractivity contribution < 1.29 is 29.3 Å². The average Bonchev–Trinajstić information content (AvgIpc) is 2.83. The predicted molar refractivity (Wildman–Crippen MR) is 103 cm³/mol. The first-order chi connectivity index (χ1) is 13.2. The van der Waals surface area contributed by atoms with Gasteiger partial charge >= 0.3 is 11.9 Å². The van der Waals surface area contributed by atoms with E-state index in [0.29, 0.717) is 36.7 Å². The lowest BCUT2D eigenvalue weighted by Crippen LogP contribution is -2.49. The topological polar surface area (TPSA) is 143 Å². The number of piperidine rings is 1. The number of carbonyl (C=O) groups excluding carboxylic acids is 1. The van der Waals surface area contributed by atoms with E-state index in [1.165, 1.54) is 0 Å². The zero-order valence-corrected chi connectivity index (χ0v) is 16.6. The molecule has 1 amide bonds. The van der Waals surface area contributed by atoms with Gasteiger partial charge in [-0.05, 0) is 47.7 Å². The number of carbonyl (C=O) groups is 3. The summed E-state index contributed by atoms with van der Waals surface area (Å²) in [5.41, 5.74) is 5.32. The van der Waals surface area contributed by atoms with Gasteiger partial charge in [0.25, 0.3) is 0 Å². The Morgan fingerprint density at radius 2 is 1.75 bits per heavy atom. The van der Waals surface area contributed by atoms with Crippen LogP contribution in [0.2, 0.25) is 0 Å². The molecule has 0 saturated carbocycles. The molecule has 3 rings (SSSR count). The Morgan fingerprint density at radius 3 is 2.21 bits per heavy atom. The molecule has 4 N–H and O–H groups in total. The molecule has 2 fully saturated rings. The fourth-order valence-corrected chi connectivity index (χ4v) is 3.85. The molecule has 0 spiro atoms. The van der Waals surface area contributed by atoms with Gasteiger partial charge in [0.1, 0.15) is 10.7 Å². The SMILES string of the molecule is NC(=O)CN1C2CCC1CC(Oc1cccc(Br)n1)C2.O=C(O)C=CC(=O)O. The van der Waals surface area contributed by atoms with Crippen LogP contribution in [0.25, 0.3) is 0 Å². The molecule has 1 aromatic heterocycles. The second kappa shape index (κ2) is 10.2. The Bertz CT molecular complexity index is 727. The summed E-state index contributed by atoms with van der Waals surface area (Å²) < 4.78 is 6.77. The maximum atomic E-state index is 11.1. The number of halogens is 1. The van der Waals surface area contributed by atoms with Crippen molar-refractivity contribution in [1.29, 1.82) is 0 Å². The van der Waals surface area contributed by atoms with Gasteiger partial charge in [-0.2, -0.15) is 0 Å². The second-order valence-corrected chi connectivity index (χ2v) is 7.36. The summed E-state index contributed by atoms with van der Waals surface area (Å²) in [5, 5.41) is 15.6. The highest BCUT2D eigenvalue weighted by Crippen LogP contribution is 2.36. The molecule has 2 atom stereocenters. The van der Waals surface area contributed by atoms with E-state index < -0.39 is 11.9 Å². The molecular weight excluding hydrogens is 434 g/mol. The third-order valence-corrected chi connectivity index (χ3v) is 4.97. The molecule has 2 bridgehead atoms. The molecule has 1 aromatic rings. The minimum atomic E-state index is -1.26. The first-order valence-electron chi connectivity index (χ1n) is 8.71. The maximum Gasteiger partial charge on any atom is 0.328 e. The van der Waals surface area contributed by atoms with E-state index in [4.69, 9.17) is 20.7 Å². The van der Waals surface area contributed by atoms with Crippen molar-refractivity contribution in [3.8, 4) is 5.88 Å². The monoisotopic (exact) mass is 455 g/mol. The van der Waals surface area contributed by atoms with E-state index in [0.717, 1.165) is 30.3 Å². The van der Waals surface area contributed by atoms with Crippen LogP contribution in [-0.2, 0) is 14.4 Å². The number of amides is 1. The number of aliphatic carboxylic acids is 2. The van der Waals surface area contributed by atoms with E-state index in [9.17, 15) is 14.4 Å². The van der Waals surface area contributed by atoms with Crippen LogP contribution in [0.15, 0.2) is 35.0 Å². The summed E-state index contributed by atoms with van der Waals surface area (Å²) in [6, 6.07) is 6.51. The number of carboxylic acid groups (broad SMARTS) is 2. The standard InChI is InChI=1S/C14H18BrN3O2.C4H4O4/c15-12-2-1-3-14(17-12)20-11-6-9-4-5-10(7-11)18(9)8-13(16)19;5-3(6)1-2-4(7)8/h1-3,9-11H,4-8H2,(H2,16,19);1-2H,(H,5,6)(H,7,8). The number of rotatable bonds is 6. The number of hydrogen-bond donors (Lipinski definition) is 3. The molecule has 9 nitrogen and oxygen atoms in total. The molecule has 0 aromatic carbocycles. The van der Waals surface area contributed by atoms with Crippen molar-refractivity contribution in [3.05, 3.63) is 35.0 Å². The van der Waals surface area contributed by atoms with E-state index in [2.05, 4.69) is 25.8 Å². The Kier molecular flexibility index (Phi) is 7.94. The normalized spacial score (nSPS) is 23.7. The van der Waals surface area contributed by atoms with Crippen LogP contribution in [-0.4, -0.2) is 62.7 Å². The second-order valence-electron chi connectivity index (χ2n) is 6.54. The van der Waals surface area contributed by atoms with Gasteiger partial charge in [-0.1, -0.05) is 6.07 Å². The molecule has 0 aliphatic carbocycles. The van der Waals surface area contributed by atoms with Gasteiger partial charge in [-0.15, -0.1) is 0 Å². The summed E-state index contributed by atoms with van der Waals surface area (Å²) in [5.74, 6) is -2.10. The van der Waals surface area contributed by atoms with Gasteiger partial charge in [0, 0.05) is 30.3 Å². The summed E-state index contributed by atoms with van der Waals surface area (Å²) in [6.45, 7) is 0.372. The van der Waals surface area contributed by atoms with Crippen LogP contribution in [0.4, 0.5) is 0 Å². The quantitative estimate of drug-likeness (QED) is 0.431. The number of nitrogens with zero attached hydrogens (tertiary/aromatic N) is 2. The van der Waals surface area contributed by atoms with E-state index in [-0.39, 0.29) is 12.0 Å². The number of aromatic nitrogens is 1. The molecule has 28 heavy (non-hydrogen) atoms. The van der Waals surface area contributed by atoms with Gasteiger partial charge in [-0.3, -0.25) is 9.69 Å². The fraction of sp³-hybridized carbons (Fsp3) is 0.444. The van der Waals surface area contributed by atoms with Gasteiger partial charge in [-0.25, -0.2) is 14.6 Å². The zero-order chi connectivity index (χ0) is 20.7. The average molecular weight is 456 g/mol. The number of nitrogens with two attached hydrogens (primary N) is 1. The molecule has 2 unspecified atom stereocenters. The zero-order valence-electron chi connectivity index (χ0n) is 15.0. The lowest BCUT2D eigenvalue weighted by atomic mass is 9.99. The van der Waals surface area contributed by atoms with Crippen LogP contribution in [0.3, 0.4) is 0 Å². The number of pyridine rings is 1. The van der Waals surface area contributed by atoms with Crippen LogP contribution in [0.1, 0.15) is 25.7 Å². The highest BCUT2D eigenvalue weighted by molar-refractivity contribution is 9.10. The van der Waals surface area contributed by atoms with E-state index >= 15 is 0 Å². The molecular formula is C18H22BrN3O6. The molecule has 2 aliphatic rings. The van der Waals surface area contributed by atoms with Crippen molar-refractivity contribution >= 4 is 33.8 Å². The van der Waals surface area contributed by atoms with Gasteiger partial charge in [0.15, 0.2) is 0 Å². The van der Waals surface area contributed by atoms with Crippen molar-refractivity contribution in [2.24, 2.45) is 5.73 Å². The predicted octanol–water partition coefficient (Wildman–Crippen LogP) is 1.42. The minimum absolute atomic E-state index is 0.179. The Hall–Kier alpha value is -2.46. The number of hydrogen-bond acceptors (Lipinski definition) is 6. The van der Waals surface area contributed by atoms with Crippen LogP contribution in [0.5, 0.6) is 5.88 Å². The molecule has 152 valence electrons. The summed E-state index contributed by atoms with van der Waals surface area (Å²) in [4.78, 5) is 36.8. The molecule has 0 radical (unpaired) electrons. The summed E-state index contributed by atoms with van der Waals surface area (Å²) in [7, 11) is 0. The van der Waals surface area contributed by atoms with E-state index in [1.54, 1.807) is 0 Å². The minimum Gasteiger partial charge on any atom is -0.478 e. The summed E-state index contributed by atoms with van der Waals surface area (Å²) in [6.07, 6.45) is 5.44.